The fourth-order valence-electron chi connectivity index (χ4n) is 2.28. The molecule has 1 amide bonds. The van der Waals surface area contributed by atoms with Crippen molar-refractivity contribution in [1.29, 1.82) is 0 Å². The van der Waals surface area contributed by atoms with Crippen LogP contribution in [-0.4, -0.2) is 17.4 Å². The second-order valence-electron chi connectivity index (χ2n) is 5.08. The Balaban J connectivity index is 1.89. The summed E-state index contributed by atoms with van der Waals surface area (Å²) in [5.41, 5.74) is 2.11. The van der Waals surface area contributed by atoms with Crippen molar-refractivity contribution >= 4 is 38.3 Å². The smallest absolute Gasteiger partial charge is 0.260 e. The van der Waals surface area contributed by atoms with Gasteiger partial charge >= 0.3 is 0 Å². The molecule has 0 atom stereocenters. The maximum atomic E-state index is 13.4. The Morgan fingerprint density at radius 2 is 2.00 bits per heavy atom. The molecular formula is C18H14BrFN2OS. The first-order valence-electron chi connectivity index (χ1n) is 7.37. The van der Waals surface area contributed by atoms with Crippen LogP contribution in [0.25, 0.3) is 11.3 Å². The second kappa shape index (κ2) is 7.23. The summed E-state index contributed by atoms with van der Waals surface area (Å²) in [5.74, 6) is -0.680. The van der Waals surface area contributed by atoms with Crippen molar-refractivity contribution in [1.82, 2.24) is 4.98 Å². The Morgan fingerprint density at radius 1 is 1.25 bits per heavy atom. The summed E-state index contributed by atoms with van der Waals surface area (Å²) >= 11 is 4.80. The molecule has 6 heteroatoms. The van der Waals surface area contributed by atoms with Crippen LogP contribution in [0.15, 0.2) is 58.4 Å². The largest absolute Gasteiger partial charge is 0.284 e. The number of amides is 1. The molecule has 0 bridgehead atoms. The Hall–Kier alpha value is -2.05. The topological polar surface area (TPSA) is 33.2 Å². The number of aromatic nitrogens is 1. The van der Waals surface area contributed by atoms with Gasteiger partial charge in [0, 0.05) is 27.5 Å². The number of thiazole rings is 1. The Labute approximate surface area is 151 Å². The van der Waals surface area contributed by atoms with Crippen LogP contribution in [0.1, 0.15) is 17.3 Å². The summed E-state index contributed by atoms with van der Waals surface area (Å²) < 4.78 is 14.4. The van der Waals surface area contributed by atoms with E-state index in [1.165, 1.54) is 29.5 Å². The molecule has 3 nitrogen and oxygen atoms in total. The molecule has 0 fully saturated rings. The van der Waals surface area contributed by atoms with E-state index >= 15 is 0 Å². The van der Waals surface area contributed by atoms with Crippen molar-refractivity contribution in [2.24, 2.45) is 0 Å². The maximum Gasteiger partial charge on any atom is 0.260 e. The van der Waals surface area contributed by atoms with Crippen LogP contribution in [0.5, 0.6) is 0 Å². The molecule has 0 spiro atoms. The van der Waals surface area contributed by atoms with Gasteiger partial charge in [-0.15, -0.1) is 11.3 Å². The van der Waals surface area contributed by atoms with Gasteiger partial charge in [0.2, 0.25) is 0 Å². The molecule has 0 unspecified atom stereocenters. The fourth-order valence-corrected chi connectivity index (χ4v) is 3.45. The predicted molar refractivity (Wildman–Crippen MR) is 99.0 cm³/mol. The zero-order valence-electron chi connectivity index (χ0n) is 12.9. The highest BCUT2D eigenvalue weighted by Crippen LogP contribution is 2.29. The highest BCUT2D eigenvalue weighted by molar-refractivity contribution is 9.10. The molecule has 0 radical (unpaired) electrons. The highest BCUT2D eigenvalue weighted by atomic mass is 79.9. The summed E-state index contributed by atoms with van der Waals surface area (Å²) in [5, 5.41) is 2.52. The van der Waals surface area contributed by atoms with Gasteiger partial charge in [0.15, 0.2) is 5.13 Å². The number of anilines is 1. The predicted octanol–water partition coefficient (Wildman–Crippen LogP) is 5.38. The van der Waals surface area contributed by atoms with Gasteiger partial charge in [0.05, 0.1) is 5.69 Å². The van der Waals surface area contributed by atoms with Gasteiger partial charge < -0.3 is 0 Å². The number of benzene rings is 2. The van der Waals surface area contributed by atoms with Gasteiger partial charge in [-0.3, -0.25) is 9.69 Å². The highest BCUT2D eigenvalue weighted by Gasteiger charge is 2.19. The van der Waals surface area contributed by atoms with E-state index in [4.69, 9.17) is 0 Å². The minimum atomic E-state index is -0.424. The zero-order chi connectivity index (χ0) is 17.1. The van der Waals surface area contributed by atoms with Gasteiger partial charge in [0.1, 0.15) is 5.82 Å². The summed E-state index contributed by atoms with van der Waals surface area (Å²) in [6.07, 6.45) is 0. The maximum absolute atomic E-state index is 13.4. The van der Waals surface area contributed by atoms with E-state index in [2.05, 4.69) is 20.9 Å². The molecule has 0 saturated carbocycles. The first kappa shape index (κ1) is 16.8. The van der Waals surface area contributed by atoms with Gasteiger partial charge in [-0.25, -0.2) is 9.37 Å². The lowest BCUT2D eigenvalue weighted by atomic mass is 10.2. The summed E-state index contributed by atoms with van der Waals surface area (Å²) in [6, 6.07) is 13.5. The van der Waals surface area contributed by atoms with Crippen LogP contribution >= 0.6 is 27.3 Å². The lowest BCUT2D eigenvalue weighted by Gasteiger charge is -2.17. The second-order valence-corrected chi connectivity index (χ2v) is 6.83. The number of carbonyl (C=O) groups excluding carboxylic acids is 1. The van der Waals surface area contributed by atoms with Gasteiger partial charge in [-0.1, -0.05) is 34.1 Å². The molecule has 1 heterocycles. The molecule has 0 aliphatic carbocycles. The first-order valence-corrected chi connectivity index (χ1v) is 9.04. The Kier molecular flexibility index (Phi) is 5.06. The molecule has 0 saturated heterocycles. The van der Waals surface area contributed by atoms with Gasteiger partial charge in [-0.2, -0.15) is 0 Å². The van der Waals surface area contributed by atoms with Crippen LogP contribution in [0.4, 0.5) is 9.52 Å². The third-order valence-electron chi connectivity index (χ3n) is 3.50. The third kappa shape index (κ3) is 3.55. The van der Waals surface area contributed by atoms with E-state index in [0.717, 1.165) is 15.7 Å². The molecule has 0 N–H and O–H groups in total. The lowest BCUT2D eigenvalue weighted by molar-refractivity contribution is 0.0988. The first-order chi connectivity index (χ1) is 11.6. The average molecular weight is 405 g/mol. The van der Waals surface area contributed by atoms with Crippen molar-refractivity contribution in [3.05, 3.63) is 69.8 Å². The minimum absolute atomic E-state index is 0.256. The number of hydrogen-bond acceptors (Lipinski definition) is 3. The van der Waals surface area contributed by atoms with Crippen LogP contribution < -0.4 is 4.90 Å². The monoisotopic (exact) mass is 404 g/mol. The lowest BCUT2D eigenvalue weighted by Crippen LogP contribution is -2.30. The molecule has 0 aliphatic rings. The van der Waals surface area contributed by atoms with Crippen molar-refractivity contribution in [3.8, 4) is 11.3 Å². The van der Waals surface area contributed by atoms with E-state index in [1.54, 1.807) is 11.0 Å². The van der Waals surface area contributed by atoms with Crippen LogP contribution in [0.2, 0.25) is 0 Å². The van der Waals surface area contributed by atoms with Crippen LogP contribution in [-0.2, 0) is 0 Å². The van der Waals surface area contributed by atoms with Crippen molar-refractivity contribution in [2.75, 3.05) is 11.4 Å². The SMILES string of the molecule is CCN(C(=O)c1cccc(F)c1)c1nc(-c2ccc(Br)cc2)cs1. The zero-order valence-corrected chi connectivity index (χ0v) is 15.3. The van der Waals surface area contributed by atoms with Crippen molar-refractivity contribution in [2.45, 2.75) is 6.92 Å². The molecule has 1 aromatic heterocycles. The molecule has 2 aromatic carbocycles. The molecule has 3 aromatic rings. The third-order valence-corrected chi connectivity index (χ3v) is 4.89. The van der Waals surface area contributed by atoms with E-state index in [9.17, 15) is 9.18 Å². The van der Waals surface area contributed by atoms with Crippen molar-refractivity contribution in [3.63, 3.8) is 0 Å². The van der Waals surface area contributed by atoms with Crippen LogP contribution in [0, 0.1) is 5.82 Å². The number of nitrogens with zero attached hydrogens (tertiary/aromatic N) is 2. The number of carbonyl (C=O) groups is 1. The van der Waals surface area contributed by atoms with Crippen LogP contribution in [0.3, 0.4) is 0 Å². The van der Waals surface area contributed by atoms with Crippen molar-refractivity contribution < 1.29 is 9.18 Å². The Morgan fingerprint density at radius 3 is 2.67 bits per heavy atom. The van der Waals surface area contributed by atoms with Gasteiger partial charge in [0.25, 0.3) is 5.91 Å². The molecule has 24 heavy (non-hydrogen) atoms. The molecule has 122 valence electrons. The number of halogens is 2. The molecule has 0 aliphatic heterocycles. The summed E-state index contributed by atoms with van der Waals surface area (Å²) in [6.45, 7) is 2.33. The van der Waals surface area contributed by atoms with Gasteiger partial charge in [-0.05, 0) is 37.3 Å². The average Bonchev–Trinajstić information content (AvgIpc) is 3.06. The molecule has 3 rings (SSSR count). The van der Waals surface area contributed by atoms with E-state index in [1.807, 2.05) is 36.6 Å². The van der Waals surface area contributed by atoms with E-state index < -0.39 is 5.82 Å². The quantitative estimate of drug-likeness (QED) is 0.584. The standard InChI is InChI=1S/C18H14BrFN2OS/c1-2-22(17(23)13-4-3-5-15(20)10-13)18-21-16(11-24-18)12-6-8-14(19)9-7-12/h3-11H,2H2,1H3. The van der Waals surface area contributed by atoms with E-state index in [0.29, 0.717) is 17.2 Å². The normalized spacial score (nSPS) is 10.6. The minimum Gasteiger partial charge on any atom is -0.284 e. The fraction of sp³-hybridized carbons (Fsp3) is 0.111. The summed E-state index contributed by atoms with van der Waals surface area (Å²) in [4.78, 5) is 18.8. The van der Waals surface area contributed by atoms with E-state index in [-0.39, 0.29) is 5.91 Å². The number of rotatable bonds is 4. The molecular weight excluding hydrogens is 391 g/mol. The Bertz CT molecular complexity index is 863. The number of hydrogen-bond donors (Lipinski definition) is 0. The summed E-state index contributed by atoms with van der Waals surface area (Å²) in [7, 11) is 0.